The number of para-hydroxylation sites is 1. The predicted octanol–water partition coefficient (Wildman–Crippen LogP) is 4.91. The highest BCUT2D eigenvalue weighted by Crippen LogP contribution is 2.40. The standard InChI is InChI=1S/C25H26F3N5O2/c1-31-16-24(17-31)11-13-32(14-12-24)23(34)33(20-5-3-2-4-6-20)15-18-7-9-19(10-8-18)21-29-30-22(35-21)25(26,27)28/h2-10H,11-17H2,1H3. The zero-order valence-electron chi connectivity index (χ0n) is 19.3. The monoisotopic (exact) mass is 485 g/mol. The maximum absolute atomic E-state index is 13.6. The van der Waals surface area contributed by atoms with E-state index in [-0.39, 0.29) is 11.9 Å². The molecule has 0 unspecified atom stereocenters. The van der Waals surface area contributed by atoms with Crippen LogP contribution < -0.4 is 4.90 Å². The number of likely N-dealkylation sites (tertiary alicyclic amines) is 2. The van der Waals surface area contributed by atoms with E-state index in [1.165, 1.54) is 0 Å². The number of piperidine rings is 1. The van der Waals surface area contributed by atoms with Crippen molar-refractivity contribution in [3.8, 4) is 11.5 Å². The Morgan fingerprint density at radius 3 is 2.26 bits per heavy atom. The minimum absolute atomic E-state index is 0.0467. The molecule has 0 atom stereocenters. The Bertz CT molecular complexity index is 1160. The first-order chi connectivity index (χ1) is 16.7. The quantitative estimate of drug-likeness (QED) is 0.526. The highest BCUT2D eigenvalue weighted by atomic mass is 19.4. The van der Waals surface area contributed by atoms with Crippen LogP contribution in [0.2, 0.25) is 0 Å². The van der Waals surface area contributed by atoms with Crippen LogP contribution in [0.1, 0.15) is 24.3 Å². The lowest BCUT2D eigenvalue weighted by atomic mass is 9.72. The molecule has 1 aromatic heterocycles. The van der Waals surface area contributed by atoms with E-state index < -0.39 is 12.1 Å². The number of hydrogen-bond donors (Lipinski definition) is 0. The highest BCUT2D eigenvalue weighted by molar-refractivity contribution is 5.92. The number of carbonyl (C=O) groups excluding carboxylic acids is 1. The van der Waals surface area contributed by atoms with Crippen molar-refractivity contribution >= 4 is 11.7 Å². The summed E-state index contributed by atoms with van der Waals surface area (Å²) in [6.07, 6.45) is -2.68. The van der Waals surface area contributed by atoms with E-state index in [2.05, 4.69) is 22.1 Å². The third-order valence-electron chi connectivity index (χ3n) is 6.81. The normalized spacial score (nSPS) is 17.9. The fourth-order valence-corrected chi connectivity index (χ4v) is 5.03. The van der Waals surface area contributed by atoms with Crippen molar-refractivity contribution in [2.45, 2.75) is 25.6 Å². The smallest absolute Gasteiger partial charge is 0.413 e. The minimum Gasteiger partial charge on any atom is -0.413 e. The Balaban J connectivity index is 1.31. The van der Waals surface area contributed by atoms with Crippen LogP contribution in [0, 0.1) is 5.41 Å². The predicted molar refractivity (Wildman–Crippen MR) is 123 cm³/mol. The summed E-state index contributed by atoms with van der Waals surface area (Å²) in [6.45, 7) is 3.97. The second-order valence-corrected chi connectivity index (χ2v) is 9.47. The van der Waals surface area contributed by atoms with E-state index in [4.69, 9.17) is 4.42 Å². The number of alkyl halides is 3. The average molecular weight is 486 g/mol. The molecule has 0 saturated carbocycles. The summed E-state index contributed by atoms with van der Waals surface area (Å²) in [5.74, 6) is -1.59. The molecule has 2 fully saturated rings. The lowest BCUT2D eigenvalue weighted by Crippen LogP contribution is -2.60. The first-order valence-corrected chi connectivity index (χ1v) is 11.5. The lowest BCUT2D eigenvalue weighted by Gasteiger charge is -2.53. The molecule has 5 rings (SSSR count). The van der Waals surface area contributed by atoms with Crippen LogP contribution >= 0.6 is 0 Å². The van der Waals surface area contributed by atoms with Gasteiger partial charge in [0.15, 0.2) is 0 Å². The van der Waals surface area contributed by atoms with Crippen molar-refractivity contribution in [3.05, 3.63) is 66.1 Å². The second kappa shape index (κ2) is 8.99. The number of urea groups is 1. The molecule has 3 aromatic rings. The van der Waals surface area contributed by atoms with Gasteiger partial charge in [0.1, 0.15) is 0 Å². The van der Waals surface area contributed by atoms with E-state index in [9.17, 15) is 18.0 Å². The number of nitrogens with zero attached hydrogens (tertiary/aromatic N) is 5. The summed E-state index contributed by atoms with van der Waals surface area (Å²) in [5, 5.41) is 6.57. The zero-order valence-corrected chi connectivity index (χ0v) is 19.3. The number of aromatic nitrogens is 2. The summed E-state index contributed by atoms with van der Waals surface area (Å²) in [6, 6.07) is 16.2. The van der Waals surface area contributed by atoms with Crippen LogP contribution in [0.25, 0.3) is 11.5 Å². The summed E-state index contributed by atoms with van der Waals surface area (Å²) in [4.78, 5) is 19.5. The van der Waals surface area contributed by atoms with Gasteiger partial charge in [-0.25, -0.2) is 4.79 Å². The molecule has 10 heteroatoms. The third kappa shape index (κ3) is 4.88. The average Bonchev–Trinajstić information content (AvgIpc) is 3.34. The fourth-order valence-electron chi connectivity index (χ4n) is 5.03. The van der Waals surface area contributed by atoms with Crippen molar-refractivity contribution in [2.75, 3.05) is 38.1 Å². The van der Waals surface area contributed by atoms with Crippen molar-refractivity contribution in [1.82, 2.24) is 20.0 Å². The van der Waals surface area contributed by atoms with E-state index in [1.807, 2.05) is 35.2 Å². The number of carbonyl (C=O) groups is 1. The van der Waals surface area contributed by atoms with Crippen molar-refractivity contribution in [3.63, 3.8) is 0 Å². The lowest BCUT2D eigenvalue weighted by molar-refractivity contribution is -0.156. The number of anilines is 1. The van der Waals surface area contributed by atoms with Gasteiger partial charge in [0.25, 0.3) is 0 Å². The molecule has 0 N–H and O–H groups in total. The molecular formula is C25H26F3N5O2. The van der Waals surface area contributed by atoms with Crippen LogP contribution in [0.5, 0.6) is 0 Å². The minimum atomic E-state index is -4.69. The van der Waals surface area contributed by atoms with Gasteiger partial charge in [0.2, 0.25) is 5.89 Å². The van der Waals surface area contributed by atoms with Gasteiger partial charge in [-0.05, 0) is 55.1 Å². The molecule has 0 radical (unpaired) electrons. The molecule has 2 aromatic carbocycles. The molecular weight excluding hydrogens is 459 g/mol. The van der Waals surface area contributed by atoms with Crippen molar-refractivity contribution in [1.29, 1.82) is 0 Å². The molecule has 2 aliphatic heterocycles. The summed E-state index contributed by atoms with van der Waals surface area (Å²) in [5.41, 5.74) is 2.34. The van der Waals surface area contributed by atoms with Gasteiger partial charge in [-0.3, -0.25) is 4.90 Å². The van der Waals surface area contributed by atoms with Gasteiger partial charge < -0.3 is 14.2 Å². The van der Waals surface area contributed by atoms with Crippen molar-refractivity contribution < 1.29 is 22.4 Å². The SMILES string of the molecule is CN1CC2(CCN(C(=O)N(Cc3ccc(-c4nnc(C(F)(F)F)o4)cc3)c3ccccc3)CC2)C1. The van der Waals surface area contributed by atoms with Crippen LogP contribution in [-0.4, -0.2) is 59.3 Å². The maximum atomic E-state index is 13.6. The van der Waals surface area contributed by atoms with Crippen LogP contribution in [0.3, 0.4) is 0 Å². The fraction of sp³-hybridized carbons (Fsp3) is 0.400. The number of amides is 2. The maximum Gasteiger partial charge on any atom is 0.470 e. The van der Waals surface area contributed by atoms with Crippen LogP contribution in [0.15, 0.2) is 59.0 Å². The Hall–Kier alpha value is -3.40. The number of hydrogen-bond acceptors (Lipinski definition) is 5. The highest BCUT2D eigenvalue weighted by Gasteiger charge is 2.44. The third-order valence-corrected chi connectivity index (χ3v) is 6.81. The van der Waals surface area contributed by atoms with Crippen LogP contribution in [-0.2, 0) is 12.7 Å². The van der Waals surface area contributed by atoms with Gasteiger partial charge >= 0.3 is 18.1 Å². The first kappa shape index (κ1) is 23.3. The number of halogens is 3. The topological polar surface area (TPSA) is 65.7 Å². The summed E-state index contributed by atoms with van der Waals surface area (Å²) >= 11 is 0. The molecule has 2 saturated heterocycles. The van der Waals surface area contributed by atoms with Gasteiger partial charge in [0, 0.05) is 37.4 Å². The molecule has 0 bridgehead atoms. The number of benzene rings is 2. The molecule has 3 heterocycles. The largest absolute Gasteiger partial charge is 0.470 e. The molecule has 0 aliphatic carbocycles. The molecule has 1 spiro atoms. The van der Waals surface area contributed by atoms with Crippen LogP contribution in [0.4, 0.5) is 23.7 Å². The number of rotatable bonds is 4. The Labute approximate surface area is 201 Å². The summed E-state index contributed by atoms with van der Waals surface area (Å²) in [7, 11) is 2.12. The van der Waals surface area contributed by atoms with Gasteiger partial charge in [0.05, 0.1) is 6.54 Å². The zero-order chi connectivity index (χ0) is 24.6. The van der Waals surface area contributed by atoms with Gasteiger partial charge in [-0.15, -0.1) is 10.2 Å². The molecule has 2 amide bonds. The molecule has 7 nitrogen and oxygen atoms in total. The summed E-state index contributed by atoms with van der Waals surface area (Å²) < 4.78 is 43.0. The van der Waals surface area contributed by atoms with Gasteiger partial charge in [-0.2, -0.15) is 13.2 Å². The molecule has 2 aliphatic rings. The van der Waals surface area contributed by atoms with E-state index in [0.717, 1.165) is 50.3 Å². The van der Waals surface area contributed by atoms with E-state index in [1.54, 1.807) is 29.2 Å². The van der Waals surface area contributed by atoms with E-state index >= 15 is 0 Å². The Kier molecular flexibility index (Phi) is 6.00. The molecule has 35 heavy (non-hydrogen) atoms. The first-order valence-electron chi connectivity index (χ1n) is 11.5. The second-order valence-electron chi connectivity index (χ2n) is 9.47. The van der Waals surface area contributed by atoms with E-state index in [0.29, 0.717) is 17.5 Å². The Morgan fingerprint density at radius 2 is 1.69 bits per heavy atom. The van der Waals surface area contributed by atoms with Gasteiger partial charge in [-0.1, -0.05) is 30.3 Å². The van der Waals surface area contributed by atoms with Crippen molar-refractivity contribution in [2.24, 2.45) is 5.41 Å². The molecule has 184 valence electrons. The Morgan fingerprint density at radius 1 is 1.03 bits per heavy atom.